The molecule has 0 amide bonds. The molecule has 0 fully saturated rings. The Kier molecular flexibility index (Phi) is 7.94. The molecule has 0 unspecified atom stereocenters. The number of benzene rings is 4. The highest BCUT2D eigenvalue weighted by atomic mass is 79.9. The van der Waals surface area contributed by atoms with Crippen LogP contribution in [-0.2, 0) is 6.16 Å². The number of hydrogen-bond acceptors (Lipinski definition) is 2. The maximum Gasteiger partial charge on any atom is 0.136 e. The molecule has 4 aromatic carbocycles. The highest BCUT2D eigenvalue weighted by molar-refractivity contribution is 9.10. The summed E-state index contributed by atoms with van der Waals surface area (Å²) >= 11 is 3.50. The van der Waals surface area contributed by atoms with E-state index in [-0.39, 0.29) is 22.7 Å². The zero-order valence-corrected chi connectivity index (χ0v) is 21.1. The second-order valence-electron chi connectivity index (χ2n) is 7.09. The lowest BCUT2D eigenvalue weighted by molar-refractivity contribution is -0.00000700. The smallest absolute Gasteiger partial charge is 0.136 e. The molecular formula is C26H23Br2O2P. The first-order valence-electron chi connectivity index (χ1n) is 9.75. The van der Waals surface area contributed by atoms with E-state index in [0.29, 0.717) is 10.6 Å². The van der Waals surface area contributed by atoms with Crippen LogP contribution < -0.4 is 37.6 Å². The van der Waals surface area contributed by atoms with E-state index >= 15 is 0 Å². The highest BCUT2D eigenvalue weighted by Gasteiger charge is 2.46. The van der Waals surface area contributed by atoms with Crippen LogP contribution in [0.1, 0.15) is 5.56 Å². The van der Waals surface area contributed by atoms with Crippen LogP contribution in [0.4, 0.5) is 0 Å². The molecule has 0 aliphatic heterocycles. The van der Waals surface area contributed by atoms with Crippen molar-refractivity contribution in [2.24, 2.45) is 0 Å². The van der Waals surface area contributed by atoms with Crippen LogP contribution in [0.2, 0.25) is 0 Å². The minimum atomic E-state index is -2.09. The third kappa shape index (κ3) is 4.72. The van der Waals surface area contributed by atoms with Gasteiger partial charge in [-0.05, 0) is 64.5 Å². The van der Waals surface area contributed by atoms with Crippen molar-refractivity contribution in [2.75, 3.05) is 7.11 Å². The molecule has 0 aromatic heterocycles. The van der Waals surface area contributed by atoms with Crippen molar-refractivity contribution < 1.29 is 26.8 Å². The quantitative estimate of drug-likeness (QED) is 0.369. The Labute approximate surface area is 203 Å². The van der Waals surface area contributed by atoms with E-state index in [1.807, 2.05) is 24.3 Å². The van der Waals surface area contributed by atoms with Gasteiger partial charge in [0.2, 0.25) is 0 Å². The standard InChI is InChI=1S/C26H22BrO2P.BrH/c1-29-21-17-20(26(28)25(27)18-21)19-30(22-11-5-2-6-12-22,23-13-7-3-8-14-23)24-15-9-4-10-16-24;/h2-18H,19H2,1H3;1H. The van der Waals surface area contributed by atoms with Crippen molar-refractivity contribution in [3.05, 3.63) is 113 Å². The van der Waals surface area contributed by atoms with Crippen molar-refractivity contribution in [3.8, 4) is 11.5 Å². The average Bonchev–Trinajstić information content (AvgIpc) is 2.81. The van der Waals surface area contributed by atoms with Gasteiger partial charge in [0.1, 0.15) is 40.8 Å². The Balaban J connectivity index is 0.00000272. The maximum absolute atomic E-state index is 10.9. The third-order valence-corrected chi connectivity index (χ3v) is 10.3. The van der Waals surface area contributed by atoms with Crippen molar-refractivity contribution in [1.82, 2.24) is 0 Å². The van der Waals surface area contributed by atoms with E-state index in [9.17, 15) is 5.11 Å². The van der Waals surface area contributed by atoms with Gasteiger partial charge < -0.3 is 26.8 Å². The van der Waals surface area contributed by atoms with Gasteiger partial charge in [0, 0.05) is 5.56 Å². The van der Waals surface area contributed by atoms with Gasteiger partial charge in [0.15, 0.2) is 0 Å². The lowest BCUT2D eigenvalue weighted by Crippen LogP contribution is -3.00. The molecule has 0 aliphatic rings. The second-order valence-corrected chi connectivity index (χ2v) is 11.4. The summed E-state index contributed by atoms with van der Waals surface area (Å²) in [6.45, 7) is 0. The zero-order valence-electron chi connectivity index (χ0n) is 17.1. The summed E-state index contributed by atoms with van der Waals surface area (Å²) in [5.41, 5.74) is 0.867. The van der Waals surface area contributed by atoms with Crippen LogP contribution in [-0.4, -0.2) is 12.2 Å². The average molecular weight is 558 g/mol. The lowest BCUT2D eigenvalue weighted by atomic mass is 10.2. The van der Waals surface area contributed by atoms with E-state index in [0.717, 1.165) is 11.3 Å². The molecule has 31 heavy (non-hydrogen) atoms. The number of rotatable bonds is 6. The molecule has 0 aliphatic carbocycles. The number of hydrogen-bond donors (Lipinski definition) is 1. The van der Waals surface area contributed by atoms with Gasteiger partial charge in [-0.1, -0.05) is 54.6 Å². The van der Waals surface area contributed by atoms with Crippen molar-refractivity contribution in [1.29, 1.82) is 0 Å². The van der Waals surface area contributed by atoms with Gasteiger partial charge >= 0.3 is 0 Å². The van der Waals surface area contributed by atoms with Crippen molar-refractivity contribution in [3.63, 3.8) is 0 Å². The van der Waals surface area contributed by atoms with E-state index in [2.05, 4.69) is 88.7 Å². The van der Waals surface area contributed by atoms with Crippen molar-refractivity contribution in [2.45, 2.75) is 6.16 Å². The summed E-state index contributed by atoms with van der Waals surface area (Å²) in [6, 6.07) is 35.7. The summed E-state index contributed by atoms with van der Waals surface area (Å²) in [4.78, 5) is 0. The normalized spacial score (nSPS) is 10.9. The maximum atomic E-state index is 10.9. The van der Waals surface area contributed by atoms with Gasteiger partial charge in [-0.2, -0.15) is 0 Å². The van der Waals surface area contributed by atoms with Gasteiger partial charge in [-0.25, -0.2) is 0 Å². The fourth-order valence-electron chi connectivity index (χ4n) is 3.89. The first-order chi connectivity index (χ1) is 14.6. The topological polar surface area (TPSA) is 29.5 Å². The molecule has 4 aromatic rings. The zero-order chi connectivity index (χ0) is 21.0. The van der Waals surface area contributed by atoms with Crippen LogP contribution in [0.25, 0.3) is 0 Å². The lowest BCUT2D eigenvalue weighted by Gasteiger charge is -2.28. The number of phenols is 1. The number of ether oxygens (including phenoxy) is 1. The predicted octanol–water partition coefficient (Wildman–Crippen LogP) is 2.66. The summed E-state index contributed by atoms with van der Waals surface area (Å²) < 4.78 is 6.14. The molecular weight excluding hydrogens is 535 g/mol. The SMILES string of the molecule is COc1cc(Br)c(O)c(C[P+](c2ccccc2)(c2ccccc2)c2ccccc2)c1.[Br-]. The molecule has 0 radical (unpaired) electrons. The summed E-state index contributed by atoms with van der Waals surface area (Å²) in [6.07, 6.45) is 0.687. The molecule has 2 nitrogen and oxygen atoms in total. The number of aromatic hydroxyl groups is 1. The van der Waals surface area contributed by atoms with Crippen LogP contribution >= 0.6 is 23.2 Å². The monoisotopic (exact) mass is 556 g/mol. The molecule has 0 saturated heterocycles. The van der Waals surface area contributed by atoms with Crippen LogP contribution in [0.15, 0.2) is 108 Å². The Bertz CT molecular complexity index is 1020. The largest absolute Gasteiger partial charge is 1.00 e. The van der Waals surface area contributed by atoms with Gasteiger partial charge in [-0.3, -0.25) is 0 Å². The Morgan fingerprint density at radius 1 is 0.742 bits per heavy atom. The molecule has 4 rings (SSSR count). The first-order valence-corrected chi connectivity index (χ1v) is 12.5. The Hall–Kier alpha value is -2.13. The molecule has 0 spiro atoms. The molecule has 0 heterocycles. The summed E-state index contributed by atoms with van der Waals surface area (Å²) in [5, 5.41) is 14.8. The van der Waals surface area contributed by atoms with Crippen LogP contribution in [0, 0.1) is 0 Å². The Morgan fingerprint density at radius 2 is 1.16 bits per heavy atom. The Morgan fingerprint density at radius 3 is 1.55 bits per heavy atom. The molecule has 158 valence electrons. The fraction of sp³-hybridized carbons (Fsp3) is 0.0769. The number of phenolic OH excluding ortho intramolecular Hbond substituents is 1. The second kappa shape index (κ2) is 10.5. The molecule has 0 bridgehead atoms. The predicted molar refractivity (Wildman–Crippen MR) is 131 cm³/mol. The third-order valence-electron chi connectivity index (χ3n) is 5.35. The highest BCUT2D eigenvalue weighted by Crippen LogP contribution is 2.59. The fourth-order valence-corrected chi connectivity index (χ4v) is 8.61. The summed E-state index contributed by atoms with van der Waals surface area (Å²) in [7, 11) is -0.439. The minimum absolute atomic E-state index is 0. The summed E-state index contributed by atoms with van der Waals surface area (Å²) in [5.74, 6) is 0.991. The van der Waals surface area contributed by atoms with E-state index in [1.54, 1.807) is 13.2 Å². The van der Waals surface area contributed by atoms with Crippen molar-refractivity contribution >= 4 is 39.1 Å². The van der Waals surface area contributed by atoms with E-state index < -0.39 is 7.26 Å². The van der Waals surface area contributed by atoms with Crippen LogP contribution in [0.5, 0.6) is 11.5 Å². The van der Waals surface area contributed by atoms with Gasteiger partial charge in [-0.15, -0.1) is 0 Å². The first kappa shape index (κ1) is 23.5. The molecule has 1 N–H and O–H groups in total. The number of halogens is 2. The molecule has 0 saturated carbocycles. The molecule has 5 heteroatoms. The van der Waals surface area contributed by atoms with Gasteiger partial charge in [0.05, 0.1) is 11.6 Å². The van der Waals surface area contributed by atoms with E-state index in [4.69, 9.17) is 4.74 Å². The van der Waals surface area contributed by atoms with E-state index in [1.165, 1.54) is 15.9 Å². The minimum Gasteiger partial charge on any atom is -1.00 e. The molecule has 0 atom stereocenters. The number of methoxy groups -OCH3 is 1. The van der Waals surface area contributed by atoms with Crippen LogP contribution in [0.3, 0.4) is 0 Å². The van der Waals surface area contributed by atoms with Gasteiger partial charge in [0.25, 0.3) is 0 Å².